The Hall–Kier alpha value is -1.51. The zero-order chi connectivity index (χ0) is 10.8. The van der Waals surface area contributed by atoms with Crippen molar-refractivity contribution in [2.75, 3.05) is 0 Å². The fraction of sp³-hybridized carbons (Fsp3) is 0.417. The molecule has 0 fully saturated rings. The Morgan fingerprint density at radius 1 is 1.20 bits per heavy atom. The molecule has 80 valence electrons. The maximum atomic E-state index is 4.42. The molecule has 0 spiro atoms. The predicted octanol–water partition coefficient (Wildman–Crippen LogP) is 2.08. The zero-order valence-corrected chi connectivity index (χ0v) is 9.57. The molecule has 2 aromatic rings. The van der Waals surface area contributed by atoms with E-state index < -0.39 is 0 Å². The summed E-state index contributed by atoms with van der Waals surface area (Å²) in [5, 5.41) is 4.42. The molecule has 0 N–H and O–H groups in total. The van der Waals surface area contributed by atoms with Crippen LogP contribution in [0.15, 0.2) is 24.5 Å². The minimum absolute atomic E-state index is 1.03. The molecule has 3 heteroatoms. The van der Waals surface area contributed by atoms with E-state index in [0.29, 0.717) is 0 Å². The fourth-order valence-corrected chi connectivity index (χ4v) is 1.94. The Bertz CT molecular complexity index is 438. The van der Waals surface area contributed by atoms with Gasteiger partial charge in [0, 0.05) is 31.7 Å². The first kappa shape index (κ1) is 10.0. The Labute approximate surface area is 90.3 Å². The molecule has 0 aliphatic rings. The molecule has 0 radical (unpaired) electrons. The molecular formula is C12H17N3. The van der Waals surface area contributed by atoms with Gasteiger partial charge in [-0.1, -0.05) is 0 Å². The smallest absolute Gasteiger partial charge is 0.0629 e. The van der Waals surface area contributed by atoms with Crippen LogP contribution in [0, 0.1) is 13.8 Å². The summed E-state index contributed by atoms with van der Waals surface area (Å²) < 4.78 is 4.16. The predicted molar refractivity (Wildman–Crippen MR) is 60.8 cm³/mol. The molecule has 0 unspecified atom stereocenters. The summed E-state index contributed by atoms with van der Waals surface area (Å²) in [6, 6.07) is 4.12. The molecule has 0 saturated heterocycles. The number of hydrogen-bond acceptors (Lipinski definition) is 1. The third-order valence-electron chi connectivity index (χ3n) is 2.95. The molecule has 2 heterocycles. The highest BCUT2D eigenvalue weighted by atomic mass is 15.3. The van der Waals surface area contributed by atoms with Crippen molar-refractivity contribution in [2.24, 2.45) is 7.05 Å². The molecule has 3 nitrogen and oxygen atoms in total. The van der Waals surface area contributed by atoms with Gasteiger partial charge >= 0.3 is 0 Å². The van der Waals surface area contributed by atoms with Crippen molar-refractivity contribution in [3.8, 4) is 0 Å². The van der Waals surface area contributed by atoms with Crippen LogP contribution < -0.4 is 0 Å². The van der Waals surface area contributed by atoms with E-state index in [1.165, 1.54) is 11.3 Å². The van der Waals surface area contributed by atoms with Gasteiger partial charge in [-0.25, -0.2) is 0 Å². The van der Waals surface area contributed by atoms with Crippen LogP contribution in [0.5, 0.6) is 0 Å². The van der Waals surface area contributed by atoms with Crippen molar-refractivity contribution in [2.45, 2.75) is 26.8 Å². The maximum Gasteiger partial charge on any atom is 0.0629 e. The lowest BCUT2D eigenvalue weighted by atomic mass is 10.1. The van der Waals surface area contributed by atoms with Crippen LogP contribution in [-0.4, -0.2) is 14.3 Å². The first-order valence-electron chi connectivity index (χ1n) is 5.28. The lowest BCUT2D eigenvalue weighted by Gasteiger charge is -2.03. The highest BCUT2D eigenvalue weighted by molar-refractivity contribution is 5.24. The summed E-state index contributed by atoms with van der Waals surface area (Å²) in [5.74, 6) is 0. The van der Waals surface area contributed by atoms with Gasteiger partial charge < -0.3 is 4.57 Å². The highest BCUT2D eigenvalue weighted by Gasteiger charge is 2.08. The minimum atomic E-state index is 1.03. The van der Waals surface area contributed by atoms with Gasteiger partial charge in [0.15, 0.2) is 0 Å². The van der Waals surface area contributed by atoms with Crippen molar-refractivity contribution >= 4 is 0 Å². The quantitative estimate of drug-likeness (QED) is 0.749. The topological polar surface area (TPSA) is 22.8 Å². The number of aromatic nitrogens is 3. The maximum absolute atomic E-state index is 4.42. The fourth-order valence-electron chi connectivity index (χ4n) is 1.94. The summed E-state index contributed by atoms with van der Waals surface area (Å²) in [6.07, 6.45) is 5.25. The van der Waals surface area contributed by atoms with Crippen LogP contribution in [0.1, 0.15) is 17.0 Å². The van der Waals surface area contributed by atoms with Crippen LogP contribution in [-0.2, 0) is 20.0 Å². The van der Waals surface area contributed by atoms with Crippen molar-refractivity contribution in [1.29, 1.82) is 0 Å². The second-order valence-electron chi connectivity index (χ2n) is 3.94. The van der Waals surface area contributed by atoms with Crippen LogP contribution >= 0.6 is 0 Å². The van der Waals surface area contributed by atoms with Gasteiger partial charge in [-0.2, -0.15) is 5.10 Å². The second kappa shape index (κ2) is 3.93. The lowest BCUT2D eigenvalue weighted by molar-refractivity contribution is 0.693. The van der Waals surface area contributed by atoms with E-state index in [4.69, 9.17) is 0 Å². The van der Waals surface area contributed by atoms with Gasteiger partial charge in [0.2, 0.25) is 0 Å². The molecule has 2 rings (SSSR count). The molecular weight excluding hydrogens is 186 g/mol. The SMILES string of the molecule is Cc1nn(C)c(C)c1CCn1cccc1. The summed E-state index contributed by atoms with van der Waals surface area (Å²) in [5.41, 5.74) is 3.81. The van der Waals surface area contributed by atoms with Gasteiger partial charge in [0.1, 0.15) is 0 Å². The first-order valence-corrected chi connectivity index (χ1v) is 5.28. The van der Waals surface area contributed by atoms with Crippen LogP contribution in [0.4, 0.5) is 0 Å². The second-order valence-corrected chi connectivity index (χ2v) is 3.94. The molecule has 0 aromatic carbocycles. The molecule has 0 aliphatic heterocycles. The third kappa shape index (κ3) is 1.96. The molecule has 0 amide bonds. The Balaban J connectivity index is 2.11. The summed E-state index contributed by atoms with van der Waals surface area (Å²) in [4.78, 5) is 0. The van der Waals surface area contributed by atoms with E-state index >= 15 is 0 Å². The number of aryl methyl sites for hydroxylation is 3. The average molecular weight is 203 g/mol. The largest absolute Gasteiger partial charge is 0.354 e. The van der Waals surface area contributed by atoms with E-state index in [1.807, 2.05) is 11.7 Å². The van der Waals surface area contributed by atoms with Crippen molar-refractivity contribution < 1.29 is 0 Å². The van der Waals surface area contributed by atoms with E-state index in [1.54, 1.807) is 0 Å². The Kier molecular flexibility index (Phi) is 2.62. The van der Waals surface area contributed by atoms with Gasteiger partial charge in [-0.15, -0.1) is 0 Å². The Morgan fingerprint density at radius 2 is 1.87 bits per heavy atom. The average Bonchev–Trinajstić information content (AvgIpc) is 2.76. The van der Waals surface area contributed by atoms with E-state index in [2.05, 4.69) is 48.0 Å². The van der Waals surface area contributed by atoms with Crippen LogP contribution in [0.2, 0.25) is 0 Å². The highest BCUT2D eigenvalue weighted by Crippen LogP contribution is 2.13. The standard InChI is InChI=1S/C12H17N3/c1-10-12(11(2)14(3)13-10)6-9-15-7-4-5-8-15/h4-5,7-8H,6,9H2,1-3H3. The Morgan fingerprint density at radius 3 is 2.40 bits per heavy atom. The first-order chi connectivity index (χ1) is 7.18. The number of hydrogen-bond donors (Lipinski definition) is 0. The monoisotopic (exact) mass is 203 g/mol. The van der Waals surface area contributed by atoms with Crippen molar-refractivity contribution in [3.63, 3.8) is 0 Å². The minimum Gasteiger partial charge on any atom is -0.354 e. The molecule has 0 saturated carbocycles. The summed E-state index contributed by atoms with van der Waals surface area (Å²) in [6.45, 7) is 5.24. The van der Waals surface area contributed by atoms with E-state index in [9.17, 15) is 0 Å². The van der Waals surface area contributed by atoms with Gasteiger partial charge in [-0.3, -0.25) is 4.68 Å². The van der Waals surface area contributed by atoms with Crippen molar-refractivity contribution in [1.82, 2.24) is 14.3 Å². The van der Waals surface area contributed by atoms with Crippen LogP contribution in [0.3, 0.4) is 0 Å². The molecule has 0 atom stereocenters. The lowest BCUT2D eigenvalue weighted by Crippen LogP contribution is -2.00. The van der Waals surface area contributed by atoms with E-state index in [-0.39, 0.29) is 0 Å². The normalized spacial score (nSPS) is 10.9. The van der Waals surface area contributed by atoms with Crippen molar-refractivity contribution in [3.05, 3.63) is 41.5 Å². The number of rotatable bonds is 3. The molecule has 0 bridgehead atoms. The molecule has 0 aliphatic carbocycles. The molecule has 15 heavy (non-hydrogen) atoms. The van der Waals surface area contributed by atoms with E-state index in [0.717, 1.165) is 18.7 Å². The summed E-state index contributed by atoms with van der Waals surface area (Å²) in [7, 11) is 2.00. The third-order valence-corrected chi connectivity index (χ3v) is 2.95. The van der Waals surface area contributed by atoms with Gasteiger partial charge in [0.05, 0.1) is 5.69 Å². The van der Waals surface area contributed by atoms with Gasteiger partial charge in [0.25, 0.3) is 0 Å². The molecule has 2 aromatic heterocycles. The van der Waals surface area contributed by atoms with Gasteiger partial charge in [-0.05, 0) is 38.0 Å². The number of nitrogens with zero attached hydrogens (tertiary/aromatic N) is 3. The van der Waals surface area contributed by atoms with Crippen LogP contribution in [0.25, 0.3) is 0 Å². The zero-order valence-electron chi connectivity index (χ0n) is 9.57. The summed E-state index contributed by atoms with van der Waals surface area (Å²) >= 11 is 0.